The van der Waals surface area contributed by atoms with Gasteiger partial charge in [-0.3, -0.25) is 9.78 Å². The summed E-state index contributed by atoms with van der Waals surface area (Å²) < 4.78 is 5.46. The molecule has 6 heteroatoms. The van der Waals surface area contributed by atoms with Gasteiger partial charge in [-0.25, -0.2) is 0 Å². The number of nitrogens with zero attached hydrogens (tertiary/aromatic N) is 2. The third kappa shape index (κ3) is 4.79. The number of benzene rings is 1. The van der Waals surface area contributed by atoms with Gasteiger partial charge in [0.05, 0.1) is 22.6 Å². The minimum atomic E-state index is -0.395. The predicted molar refractivity (Wildman–Crippen MR) is 115 cm³/mol. The number of hydrogen-bond donors (Lipinski definition) is 0. The number of fused-ring (bicyclic) bond motifs is 1. The number of aromatic nitrogens is 1. The van der Waals surface area contributed by atoms with Crippen LogP contribution < -0.4 is 0 Å². The Morgan fingerprint density at radius 3 is 2.75 bits per heavy atom. The van der Waals surface area contributed by atoms with Gasteiger partial charge in [-0.2, -0.15) is 0 Å². The van der Waals surface area contributed by atoms with Gasteiger partial charge >= 0.3 is 5.97 Å². The maximum atomic E-state index is 12.8. The number of carbonyl (C=O) groups is 1. The highest BCUT2D eigenvalue weighted by atomic mass is 35.5. The van der Waals surface area contributed by atoms with Crippen molar-refractivity contribution >= 4 is 40.1 Å². The molecule has 0 bridgehead atoms. The van der Waals surface area contributed by atoms with Crippen LogP contribution in [0.2, 0.25) is 5.02 Å². The van der Waals surface area contributed by atoms with Crippen LogP contribution >= 0.6 is 23.2 Å². The molecule has 152 valence electrons. The van der Waals surface area contributed by atoms with Crippen molar-refractivity contribution in [2.24, 2.45) is 5.41 Å². The van der Waals surface area contributed by atoms with Gasteiger partial charge in [-0.1, -0.05) is 29.8 Å². The van der Waals surface area contributed by atoms with E-state index in [1.54, 1.807) is 6.20 Å². The highest BCUT2D eigenvalue weighted by Crippen LogP contribution is 2.38. The van der Waals surface area contributed by atoms with Crippen LogP contribution in [0.15, 0.2) is 30.5 Å². The highest BCUT2D eigenvalue weighted by Gasteiger charge is 2.42. The zero-order valence-corrected chi connectivity index (χ0v) is 17.9. The summed E-state index contributed by atoms with van der Waals surface area (Å²) in [6.07, 6.45) is 5.91. The lowest BCUT2D eigenvalue weighted by molar-refractivity contribution is -0.159. The Morgan fingerprint density at radius 1 is 1.29 bits per heavy atom. The number of rotatable bonds is 8. The van der Waals surface area contributed by atoms with Crippen molar-refractivity contribution in [1.82, 2.24) is 9.88 Å². The molecule has 2 aromatic rings. The van der Waals surface area contributed by atoms with Gasteiger partial charge in [0.15, 0.2) is 0 Å². The van der Waals surface area contributed by atoms with E-state index in [4.69, 9.17) is 27.9 Å². The van der Waals surface area contributed by atoms with Gasteiger partial charge in [-0.05, 0) is 63.7 Å². The van der Waals surface area contributed by atoms with Gasteiger partial charge in [0, 0.05) is 24.0 Å². The third-order valence-corrected chi connectivity index (χ3v) is 6.33. The first-order valence-corrected chi connectivity index (χ1v) is 11.0. The topological polar surface area (TPSA) is 42.4 Å². The molecule has 4 nitrogen and oxygen atoms in total. The van der Waals surface area contributed by atoms with Crippen molar-refractivity contribution in [2.75, 3.05) is 32.1 Å². The first-order chi connectivity index (χ1) is 13.6. The molecule has 1 aliphatic rings. The molecule has 3 rings (SSSR count). The van der Waals surface area contributed by atoms with E-state index in [2.05, 4.69) is 16.0 Å². The van der Waals surface area contributed by atoms with Crippen LogP contribution in [0.3, 0.4) is 0 Å². The zero-order chi connectivity index (χ0) is 20.0. The first kappa shape index (κ1) is 21.4. The average Bonchev–Trinajstić information content (AvgIpc) is 2.71. The molecule has 0 amide bonds. The quantitative estimate of drug-likeness (QED) is 0.438. The molecule has 28 heavy (non-hydrogen) atoms. The van der Waals surface area contributed by atoms with Crippen LogP contribution in [0.5, 0.6) is 0 Å². The Morgan fingerprint density at radius 2 is 2.04 bits per heavy atom. The number of ether oxygens (including phenoxy) is 1. The molecule has 1 aromatic heterocycles. The van der Waals surface area contributed by atoms with Gasteiger partial charge in [0.2, 0.25) is 0 Å². The van der Waals surface area contributed by atoms with Crippen LogP contribution in [0.4, 0.5) is 0 Å². The number of piperidine rings is 1. The smallest absolute Gasteiger partial charge is 0.312 e. The maximum Gasteiger partial charge on any atom is 0.312 e. The van der Waals surface area contributed by atoms with Crippen LogP contribution in [0, 0.1) is 5.41 Å². The van der Waals surface area contributed by atoms with Crippen molar-refractivity contribution in [2.45, 2.75) is 39.0 Å². The van der Waals surface area contributed by atoms with Gasteiger partial charge in [0.1, 0.15) is 0 Å². The number of hydrogen-bond acceptors (Lipinski definition) is 4. The summed E-state index contributed by atoms with van der Waals surface area (Å²) >= 11 is 12.3. The van der Waals surface area contributed by atoms with Crippen molar-refractivity contribution in [3.63, 3.8) is 0 Å². The second kappa shape index (κ2) is 9.91. The lowest BCUT2D eigenvalue weighted by atomic mass is 9.74. The normalized spacial score (nSPS) is 17.0. The molecule has 1 fully saturated rings. The van der Waals surface area contributed by atoms with E-state index >= 15 is 0 Å². The molecule has 1 saturated heterocycles. The van der Waals surface area contributed by atoms with E-state index in [0.29, 0.717) is 17.5 Å². The first-order valence-electron chi connectivity index (χ1n) is 10.1. The maximum absolute atomic E-state index is 12.8. The molecule has 0 N–H and O–H groups in total. The third-order valence-electron chi connectivity index (χ3n) is 5.84. The second-order valence-corrected chi connectivity index (χ2v) is 8.27. The summed E-state index contributed by atoms with van der Waals surface area (Å²) in [5, 5.41) is 1.79. The van der Waals surface area contributed by atoms with Crippen LogP contribution in [0.25, 0.3) is 10.9 Å². The van der Waals surface area contributed by atoms with Crippen molar-refractivity contribution in [3.8, 4) is 0 Å². The minimum absolute atomic E-state index is 0.0498. The van der Waals surface area contributed by atoms with Crippen LogP contribution in [-0.2, 0) is 16.0 Å². The molecule has 2 heterocycles. The number of aryl methyl sites for hydroxylation is 1. The molecular formula is C22H28Cl2N2O2. The summed E-state index contributed by atoms with van der Waals surface area (Å²) in [4.78, 5) is 19.5. The fraction of sp³-hybridized carbons (Fsp3) is 0.545. The largest absolute Gasteiger partial charge is 0.466 e. The Labute approximate surface area is 177 Å². The van der Waals surface area contributed by atoms with Gasteiger partial charge < -0.3 is 9.64 Å². The number of para-hydroxylation sites is 1. The number of esters is 1. The van der Waals surface area contributed by atoms with Crippen molar-refractivity contribution in [1.29, 1.82) is 0 Å². The summed E-state index contributed by atoms with van der Waals surface area (Å²) in [5.41, 5.74) is 1.68. The number of alkyl halides is 1. The zero-order valence-electron chi connectivity index (χ0n) is 16.4. The van der Waals surface area contributed by atoms with E-state index in [0.717, 1.165) is 68.2 Å². The van der Waals surface area contributed by atoms with Crippen molar-refractivity contribution in [3.05, 3.63) is 41.0 Å². The average molecular weight is 423 g/mol. The summed E-state index contributed by atoms with van der Waals surface area (Å²) in [7, 11) is 0. The number of pyridine rings is 1. The summed E-state index contributed by atoms with van der Waals surface area (Å²) in [5.74, 6) is 0.575. The summed E-state index contributed by atoms with van der Waals surface area (Å²) in [6, 6.07) is 8.06. The Hall–Kier alpha value is -1.36. The van der Waals surface area contributed by atoms with E-state index in [1.807, 2.05) is 25.1 Å². The van der Waals surface area contributed by atoms with Crippen LogP contribution in [0.1, 0.15) is 38.2 Å². The van der Waals surface area contributed by atoms with Gasteiger partial charge in [0.25, 0.3) is 0 Å². The summed E-state index contributed by atoms with van der Waals surface area (Å²) in [6.45, 7) is 4.96. The SMILES string of the molecule is CCOC(=O)C1(CCCc2c(Cl)cnc3ccccc23)CCN(CCCl)CC1. The van der Waals surface area contributed by atoms with E-state index in [1.165, 1.54) is 0 Å². The molecule has 1 aliphatic heterocycles. The molecule has 0 radical (unpaired) electrons. The molecule has 0 unspecified atom stereocenters. The minimum Gasteiger partial charge on any atom is -0.466 e. The number of carbonyl (C=O) groups excluding carboxylic acids is 1. The van der Waals surface area contributed by atoms with E-state index in [9.17, 15) is 4.79 Å². The number of likely N-dealkylation sites (tertiary alicyclic amines) is 1. The fourth-order valence-corrected chi connectivity index (χ4v) is 4.68. The Balaban J connectivity index is 1.71. The predicted octanol–water partition coefficient (Wildman–Crippen LogP) is 5.10. The molecule has 0 spiro atoms. The van der Waals surface area contributed by atoms with E-state index in [-0.39, 0.29) is 5.97 Å². The lowest BCUT2D eigenvalue weighted by Gasteiger charge is -2.40. The van der Waals surface area contributed by atoms with Crippen molar-refractivity contribution < 1.29 is 9.53 Å². The monoisotopic (exact) mass is 422 g/mol. The van der Waals surface area contributed by atoms with E-state index < -0.39 is 5.41 Å². The Bertz CT molecular complexity index is 804. The molecule has 1 aromatic carbocycles. The molecule has 0 aliphatic carbocycles. The molecular weight excluding hydrogens is 395 g/mol. The number of halogens is 2. The highest BCUT2D eigenvalue weighted by molar-refractivity contribution is 6.32. The molecule has 0 atom stereocenters. The lowest BCUT2D eigenvalue weighted by Crippen LogP contribution is -2.45. The second-order valence-electron chi connectivity index (χ2n) is 7.49. The Kier molecular flexibility index (Phi) is 7.55. The standard InChI is InChI=1S/C22H28Cl2N2O2/c1-2-28-21(27)22(10-13-26(14-11-22)15-12-23)9-5-7-17-18-6-3-4-8-20(18)25-16-19(17)24/h3-4,6,8,16H,2,5,7,9-15H2,1H3. The van der Waals surface area contributed by atoms with Crippen LogP contribution in [-0.4, -0.2) is 48.0 Å². The molecule has 0 saturated carbocycles. The van der Waals surface area contributed by atoms with Gasteiger partial charge in [-0.15, -0.1) is 11.6 Å². The fourth-order valence-electron chi connectivity index (χ4n) is 4.20.